The second-order valence-electron chi connectivity index (χ2n) is 7.83. The number of hydrogen-bond donors (Lipinski definition) is 1. The normalized spacial score (nSPS) is 12.1. The molecule has 1 aromatic heterocycles. The molecule has 1 unspecified atom stereocenters. The number of nitrogens with one attached hydrogen (secondary N) is 1. The van der Waals surface area contributed by atoms with Crippen LogP contribution >= 0.6 is 11.8 Å². The number of para-hydroxylation sites is 3. The Hall–Kier alpha value is -3.99. The van der Waals surface area contributed by atoms with Crippen LogP contribution in [0.5, 0.6) is 11.5 Å². The van der Waals surface area contributed by atoms with Crippen molar-refractivity contribution in [1.29, 1.82) is 0 Å². The zero-order valence-electron chi connectivity index (χ0n) is 19.9. The fraction of sp³-hybridized carbons (Fsp3) is 0.192. The molecule has 0 fully saturated rings. The van der Waals surface area contributed by atoms with Crippen molar-refractivity contribution in [1.82, 2.24) is 14.8 Å². The van der Waals surface area contributed by atoms with Crippen LogP contribution in [-0.4, -0.2) is 33.5 Å². The van der Waals surface area contributed by atoms with Crippen molar-refractivity contribution in [2.24, 2.45) is 0 Å². The maximum atomic E-state index is 12.8. The minimum atomic E-state index is -4.44. The summed E-state index contributed by atoms with van der Waals surface area (Å²) in [6, 6.07) is 20.9. The van der Waals surface area contributed by atoms with Crippen molar-refractivity contribution >= 4 is 23.4 Å². The minimum Gasteiger partial charge on any atom is -0.493 e. The second-order valence-corrected chi connectivity index (χ2v) is 8.78. The van der Waals surface area contributed by atoms with E-state index in [2.05, 4.69) is 15.5 Å². The lowest BCUT2D eigenvalue weighted by Gasteiger charge is -2.18. The lowest BCUT2D eigenvalue weighted by Crippen LogP contribution is -2.15. The molecular formula is C26H23F3N4O3S. The Kier molecular flexibility index (Phi) is 8.02. The first kappa shape index (κ1) is 26.1. The molecule has 0 saturated carbocycles. The number of halogens is 3. The fourth-order valence-electron chi connectivity index (χ4n) is 3.49. The van der Waals surface area contributed by atoms with Gasteiger partial charge in [-0.05, 0) is 55.5 Å². The van der Waals surface area contributed by atoms with Crippen molar-refractivity contribution in [3.05, 3.63) is 90.3 Å². The number of ether oxygens (including phenoxy) is 2. The van der Waals surface area contributed by atoms with E-state index in [1.165, 1.54) is 12.1 Å². The average molecular weight is 529 g/mol. The van der Waals surface area contributed by atoms with Crippen molar-refractivity contribution in [3.8, 4) is 17.2 Å². The largest absolute Gasteiger partial charge is 0.493 e. The molecule has 0 spiro atoms. The molecule has 4 rings (SSSR count). The minimum absolute atomic E-state index is 0.0340. The average Bonchev–Trinajstić information content (AvgIpc) is 3.32. The number of methoxy groups -OCH3 is 1. The third kappa shape index (κ3) is 6.42. The van der Waals surface area contributed by atoms with E-state index >= 15 is 0 Å². The molecule has 1 atom stereocenters. The molecule has 0 aliphatic heterocycles. The monoisotopic (exact) mass is 528 g/mol. The number of carbonyl (C=O) groups is 1. The summed E-state index contributed by atoms with van der Waals surface area (Å²) in [5, 5.41) is 11.7. The number of alkyl halides is 3. The first-order valence-electron chi connectivity index (χ1n) is 11.2. The lowest BCUT2D eigenvalue weighted by molar-refractivity contribution is -0.137. The lowest BCUT2D eigenvalue weighted by atomic mass is 10.2. The van der Waals surface area contributed by atoms with E-state index in [0.29, 0.717) is 22.5 Å². The molecule has 37 heavy (non-hydrogen) atoms. The third-order valence-electron chi connectivity index (χ3n) is 5.24. The Morgan fingerprint density at radius 3 is 2.27 bits per heavy atom. The summed E-state index contributed by atoms with van der Waals surface area (Å²) < 4.78 is 51.6. The summed E-state index contributed by atoms with van der Waals surface area (Å²) in [6.45, 7) is 1.83. The molecule has 4 aromatic rings. The third-order valence-corrected chi connectivity index (χ3v) is 6.17. The van der Waals surface area contributed by atoms with Crippen LogP contribution in [0, 0.1) is 0 Å². The van der Waals surface area contributed by atoms with E-state index in [1.54, 1.807) is 23.8 Å². The number of thioether (sulfide) groups is 1. The molecule has 0 aliphatic carbocycles. The second kappa shape index (κ2) is 11.4. The highest BCUT2D eigenvalue weighted by Crippen LogP contribution is 2.33. The van der Waals surface area contributed by atoms with Gasteiger partial charge in [0.2, 0.25) is 5.91 Å². The predicted octanol–water partition coefficient (Wildman–Crippen LogP) is 6.17. The summed E-state index contributed by atoms with van der Waals surface area (Å²) in [4.78, 5) is 12.5. The van der Waals surface area contributed by atoms with E-state index in [-0.39, 0.29) is 11.4 Å². The standard InChI is InChI=1S/C26H23F3N4O3S/c1-17(36-22-11-7-6-10-21(22)35-2)24-31-32-25(33(24)20-8-4-3-5-9-20)37-16-23(34)30-19-14-12-18(13-15-19)26(27,28)29/h3-15,17H,16H2,1-2H3,(H,30,34). The molecule has 0 saturated heterocycles. The van der Waals surface area contributed by atoms with Crippen LogP contribution < -0.4 is 14.8 Å². The summed E-state index contributed by atoms with van der Waals surface area (Å²) in [5.41, 5.74) is 0.263. The van der Waals surface area contributed by atoms with E-state index in [1.807, 2.05) is 49.4 Å². The molecule has 192 valence electrons. The Balaban J connectivity index is 1.51. The molecule has 11 heteroatoms. The highest BCUT2D eigenvalue weighted by molar-refractivity contribution is 7.99. The van der Waals surface area contributed by atoms with Gasteiger partial charge >= 0.3 is 6.18 Å². The maximum Gasteiger partial charge on any atom is 0.416 e. The van der Waals surface area contributed by atoms with E-state index in [9.17, 15) is 18.0 Å². The highest BCUT2D eigenvalue weighted by Gasteiger charge is 2.30. The van der Waals surface area contributed by atoms with E-state index < -0.39 is 23.8 Å². The van der Waals surface area contributed by atoms with Crippen molar-refractivity contribution in [2.45, 2.75) is 24.4 Å². The maximum absolute atomic E-state index is 12.8. The van der Waals surface area contributed by atoms with Gasteiger partial charge in [-0.3, -0.25) is 9.36 Å². The van der Waals surface area contributed by atoms with Crippen LogP contribution in [0.3, 0.4) is 0 Å². The van der Waals surface area contributed by atoms with Crippen LogP contribution in [0.25, 0.3) is 5.69 Å². The Labute approximate surface area is 215 Å². The molecule has 0 bridgehead atoms. The zero-order chi connectivity index (χ0) is 26.4. The molecule has 1 N–H and O–H groups in total. The Bertz CT molecular complexity index is 1350. The van der Waals surface area contributed by atoms with Crippen LogP contribution in [0.2, 0.25) is 0 Å². The molecule has 0 aliphatic rings. The smallest absolute Gasteiger partial charge is 0.416 e. The van der Waals surface area contributed by atoms with Gasteiger partial charge in [0, 0.05) is 11.4 Å². The number of hydrogen-bond acceptors (Lipinski definition) is 6. The van der Waals surface area contributed by atoms with E-state index in [4.69, 9.17) is 9.47 Å². The number of benzene rings is 3. The van der Waals surface area contributed by atoms with E-state index in [0.717, 1.165) is 29.6 Å². The molecule has 0 radical (unpaired) electrons. The van der Waals surface area contributed by atoms with Gasteiger partial charge in [-0.15, -0.1) is 10.2 Å². The number of anilines is 1. The SMILES string of the molecule is COc1ccccc1OC(C)c1nnc(SCC(=O)Nc2ccc(C(F)(F)F)cc2)n1-c1ccccc1. The Morgan fingerprint density at radius 1 is 0.973 bits per heavy atom. The summed E-state index contributed by atoms with van der Waals surface area (Å²) in [6.07, 6.45) is -4.95. The van der Waals surface area contributed by atoms with Gasteiger partial charge in [-0.1, -0.05) is 42.1 Å². The van der Waals surface area contributed by atoms with Gasteiger partial charge in [0.15, 0.2) is 28.6 Å². The number of nitrogens with zero attached hydrogens (tertiary/aromatic N) is 3. The summed E-state index contributed by atoms with van der Waals surface area (Å²) in [7, 11) is 1.56. The molecule has 1 amide bonds. The molecular weight excluding hydrogens is 505 g/mol. The quantitative estimate of drug-likeness (QED) is 0.262. The van der Waals surface area contributed by atoms with Crippen LogP contribution in [0.15, 0.2) is 84.0 Å². The number of rotatable bonds is 9. The number of carbonyl (C=O) groups excluding carboxylic acids is 1. The molecule has 7 nitrogen and oxygen atoms in total. The molecule has 3 aromatic carbocycles. The van der Waals surface area contributed by atoms with Crippen LogP contribution in [0.1, 0.15) is 24.4 Å². The summed E-state index contributed by atoms with van der Waals surface area (Å²) >= 11 is 1.15. The van der Waals surface area contributed by atoms with Gasteiger partial charge in [-0.2, -0.15) is 13.2 Å². The van der Waals surface area contributed by atoms with Gasteiger partial charge in [0.1, 0.15) is 0 Å². The molecule has 1 heterocycles. The van der Waals surface area contributed by atoms with Crippen LogP contribution in [-0.2, 0) is 11.0 Å². The van der Waals surface area contributed by atoms with Crippen molar-refractivity contribution < 1.29 is 27.4 Å². The Morgan fingerprint density at radius 2 is 1.62 bits per heavy atom. The number of amides is 1. The van der Waals surface area contributed by atoms with Gasteiger partial charge in [0.05, 0.1) is 18.4 Å². The topological polar surface area (TPSA) is 78.3 Å². The van der Waals surface area contributed by atoms with Crippen molar-refractivity contribution in [3.63, 3.8) is 0 Å². The van der Waals surface area contributed by atoms with Crippen molar-refractivity contribution in [2.75, 3.05) is 18.2 Å². The first-order valence-corrected chi connectivity index (χ1v) is 12.1. The van der Waals surface area contributed by atoms with Gasteiger partial charge in [0.25, 0.3) is 0 Å². The number of aromatic nitrogens is 3. The first-order chi connectivity index (χ1) is 17.8. The highest BCUT2D eigenvalue weighted by atomic mass is 32.2. The predicted molar refractivity (Wildman–Crippen MR) is 134 cm³/mol. The van der Waals surface area contributed by atoms with Gasteiger partial charge in [-0.25, -0.2) is 0 Å². The van der Waals surface area contributed by atoms with Gasteiger partial charge < -0.3 is 14.8 Å². The van der Waals surface area contributed by atoms with Crippen LogP contribution in [0.4, 0.5) is 18.9 Å². The zero-order valence-corrected chi connectivity index (χ0v) is 20.7. The summed E-state index contributed by atoms with van der Waals surface area (Å²) in [5.74, 6) is 1.21. The fourth-order valence-corrected chi connectivity index (χ4v) is 4.25.